The molecule has 2 rings (SSSR count). The van der Waals surface area contributed by atoms with E-state index in [2.05, 4.69) is 38.5 Å². The Kier molecular flexibility index (Phi) is 4.29. The fraction of sp³-hybridized carbons (Fsp3) is 0.385. The van der Waals surface area contributed by atoms with E-state index in [0.717, 1.165) is 16.0 Å². The van der Waals surface area contributed by atoms with Gasteiger partial charge in [-0.05, 0) is 47.1 Å². The summed E-state index contributed by atoms with van der Waals surface area (Å²) in [5.41, 5.74) is 3.20. The summed E-state index contributed by atoms with van der Waals surface area (Å²) in [6.45, 7) is 2.07. The lowest BCUT2D eigenvalue weighted by Crippen LogP contribution is -2.29. The third kappa shape index (κ3) is 3.11. The van der Waals surface area contributed by atoms with Crippen LogP contribution in [0.3, 0.4) is 0 Å². The van der Waals surface area contributed by atoms with Crippen molar-refractivity contribution in [3.05, 3.63) is 23.8 Å². The second-order valence-electron chi connectivity index (χ2n) is 4.63. The topological polar surface area (TPSA) is 56.8 Å². The number of aryl methyl sites for hydroxylation is 2. The predicted molar refractivity (Wildman–Crippen MR) is 82.5 cm³/mol. The Balaban J connectivity index is 2.23. The zero-order chi connectivity index (χ0) is 14.7. The summed E-state index contributed by atoms with van der Waals surface area (Å²) in [5.74, 6) is 0. The second kappa shape index (κ2) is 5.96. The first-order valence-corrected chi connectivity index (χ1v) is 7.07. The van der Waals surface area contributed by atoms with E-state index in [1.54, 1.807) is 4.68 Å². The molecule has 106 valence electrons. The number of hydrogen-bond acceptors (Lipinski definition) is 6. The molecule has 0 unspecified atom stereocenters. The fourth-order valence-corrected chi connectivity index (χ4v) is 2.54. The number of nitrogens with zero attached hydrogens (tertiary/aromatic N) is 5. The third-order valence-corrected chi connectivity index (χ3v) is 3.84. The van der Waals surface area contributed by atoms with Crippen LogP contribution in [-0.4, -0.2) is 26.2 Å². The Labute approximate surface area is 122 Å². The molecule has 1 heterocycles. The van der Waals surface area contributed by atoms with Gasteiger partial charge in [-0.15, -0.1) is 4.68 Å². The zero-order valence-electron chi connectivity index (χ0n) is 12.4. The molecule has 2 aromatic rings. The molecule has 7 heteroatoms. The average Bonchev–Trinajstić information content (AvgIpc) is 2.76. The normalized spacial score (nSPS) is 11.1. The van der Waals surface area contributed by atoms with Gasteiger partial charge in [-0.25, -0.2) is 0 Å². The van der Waals surface area contributed by atoms with Gasteiger partial charge in [0.05, 0.1) is 5.11 Å². The molecular formula is C13H19N6S+. The largest absolute Gasteiger partial charge is 0.431 e. The molecule has 1 aromatic carbocycles. The van der Waals surface area contributed by atoms with Gasteiger partial charge < -0.3 is 10.2 Å². The SMILES string of the molecule is CNc1n[n+](C)c(N=Nc2ccc(N(C)C)c(C)c2)s1. The van der Waals surface area contributed by atoms with Gasteiger partial charge in [0, 0.05) is 26.8 Å². The quantitative estimate of drug-likeness (QED) is 0.696. The molecule has 1 N–H and O–H groups in total. The molecule has 0 saturated heterocycles. The van der Waals surface area contributed by atoms with Crippen molar-refractivity contribution in [3.8, 4) is 0 Å². The molecule has 6 nitrogen and oxygen atoms in total. The minimum absolute atomic E-state index is 0.753. The number of nitrogens with one attached hydrogen (secondary N) is 1. The fourth-order valence-electron chi connectivity index (χ4n) is 1.84. The van der Waals surface area contributed by atoms with E-state index in [9.17, 15) is 0 Å². The average molecular weight is 291 g/mol. The lowest BCUT2D eigenvalue weighted by atomic mass is 10.1. The van der Waals surface area contributed by atoms with Crippen molar-refractivity contribution in [2.24, 2.45) is 17.3 Å². The van der Waals surface area contributed by atoms with Crippen LogP contribution >= 0.6 is 11.3 Å². The van der Waals surface area contributed by atoms with E-state index in [1.807, 2.05) is 40.3 Å². The van der Waals surface area contributed by atoms with Crippen molar-refractivity contribution in [2.45, 2.75) is 6.92 Å². The number of anilines is 2. The van der Waals surface area contributed by atoms with Gasteiger partial charge >= 0.3 is 5.13 Å². The summed E-state index contributed by atoms with van der Waals surface area (Å²) in [6.07, 6.45) is 0. The molecule has 0 radical (unpaired) electrons. The lowest BCUT2D eigenvalue weighted by molar-refractivity contribution is -0.712. The van der Waals surface area contributed by atoms with E-state index < -0.39 is 0 Å². The van der Waals surface area contributed by atoms with Crippen LogP contribution < -0.4 is 14.9 Å². The first-order chi connectivity index (χ1) is 9.51. The molecule has 0 aliphatic carbocycles. The minimum Gasteiger partial charge on any atom is -0.377 e. The number of aromatic nitrogens is 2. The molecule has 0 bridgehead atoms. The van der Waals surface area contributed by atoms with Gasteiger partial charge in [0.25, 0.3) is 0 Å². The molecule has 0 amide bonds. The lowest BCUT2D eigenvalue weighted by Gasteiger charge is -2.14. The van der Waals surface area contributed by atoms with E-state index in [1.165, 1.54) is 22.6 Å². The summed E-state index contributed by atoms with van der Waals surface area (Å²) in [7, 11) is 7.75. The summed E-state index contributed by atoms with van der Waals surface area (Å²) < 4.78 is 1.71. The maximum Gasteiger partial charge on any atom is 0.431 e. The van der Waals surface area contributed by atoms with Gasteiger partial charge in [0.15, 0.2) is 0 Å². The van der Waals surface area contributed by atoms with Crippen LogP contribution in [0.4, 0.5) is 21.6 Å². The van der Waals surface area contributed by atoms with Crippen LogP contribution in [0, 0.1) is 6.92 Å². The maximum atomic E-state index is 4.27. The van der Waals surface area contributed by atoms with Crippen molar-refractivity contribution in [2.75, 3.05) is 31.4 Å². The van der Waals surface area contributed by atoms with E-state index in [4.69, 9.17) is 0 Å². The van der Waals surface area contributed by atoms with E-state index in [0.29, 0.717) is 0 Å². The van der Waals surface area contributed by atoms with Crippen molar-refractivity contribution in [1.29, 1.82) is 0 Å². The van der Waals surface area contributed by atoms with Crippen molar-refractivity contribution in [1.82, 2.24) is 5.10 Å². The van der Waals surface area contributed by atoms with Gasteiger partial charge in [0.2, 0.25) is 5.13 Å². The Morgan fingerprint density at radius 2 is 2.05 bits per heavy atom. The molecule has 1 aromatic heterocycles. The van der Waals surface area contributed by atoms with Gasteiger partial charge in [-0.1, -0.05) is 5.10 Å². The highest BCUT2D eigenvalue weighted by atomic mass is 32.1. The highest BCUT2D eigenvalue weighted by Crippen LogP contribution is 2.26. The summed E-state index contributed by atoms with van der Waals surface area (Å²) in [5, 5.41) is 17.4. The molecule has 20 heavy (non-hydrogen) atoms. The van der Waals surface area contributed by atoms with Crippen molar-refractivity contribution >= 4 is 33.0 Å². The molecule has 0 atom stereocenters. The number of benzene rings is 1. The Bertz CT molecular complexity index is 632. The highest BCUT2D eigenvalue weighted by Gasteiger charge is 2.14. The van der Waals surface area contributed by atoms with Gasteiger partial charge in [0.1, 0.15) is 12.7 Å². The first-order valence-electron chi connectivity index (χ1n) is 6.26. The zero-order valence-corrected chi connectivity index (χ0v) is 13.2. The number of azo groups is 1. The molecule has 0 spiro atoms. The van der Waals surface area contributed by atoms with Gasteiger partial charge in [-0.2, -0.15) is 0 Å². The standard InChI is InChI=1S/C13H19N6S/c1-9-8-10(6-7-11(9)18(3)4)15-16-13-19(5)17-12(14-2)20-13/h6-8H,1-5H3,(H,14,17)/q+1. The van der Waals surface area contributed by atoms with Crippen molar-refractivity contribution < 1.29 is 4.68 Å². The molecular weight excluding hydrogens is 272 g/mol. The summed E-state index contributed by atoms with van der Waals surface area (Å²) in [6, 6.07) is 6.04. The van der Waals surface area contributed by atoms with Crippen LogP contribution in [0.1, 0.15) is 5.56 Å². The Morgan fingerprint density at radius 1 is 1.30 bits per heavy atom. The molecule has 0 aliphatic heterocycles. The molecule has 0 fully saturated rings. The molecule has 0 aliphatic rings. The van der Waals surface area contributed by atoms with Crippen LogP contribution in [0.2, 0.25) is 0 Å². The van der Waals surface area contributed by atoms with Crippen molar-refractivity contribution in [3.63, 3.8) is 0 Å². The minimum atomic E-state index is 0.753. The Morgan fingerprint density at radius 3 is 2.60 bits per heavy atom. The summed E-state index contributed by atoms with van der Waals surface area (Å²) in [4.78, 5) is 2.08. The van der Waals surface area contributed by atoms with Crippen LogP contribution in [0.5, 0.6) is 0 Å². The monoisotopic (exact) mass is 291 g/mol. The van der Waals surface area contributed by atoms with Crippen LogP contribution in [-0.2, 0) is 7.05 Å². The van der Waals surface area contributed by atoms with Gasteiger partial charge in [-0.3, -0.25) is 0 Å². The second-order valence-corrected chi connectivity index (χ2v) is 5.58. The highest BCUT2D eigenvalue weighted by molar-refractivity contribution is 7.18. The smallest absolute Gasteiger partial charge is 0.377 e. The van der Waals surface area contributed by atoms with Crippen LogP contribution in [0.25, 0.3) is 0 Å². The summed E-state index contributed by atoms with van der Waals surface area (Å²) >= 11 is 1.46. The molecule has 0 saturated carbocycles. The first kappa shape index (κ1) is 14.4. The maximum absolute atomic E-state index is 4.27. The third-order valence-electron chi connectivity index (χ3n) is 2.83. The van der Waals surface area contributed by atoms with E-state index in [-0.39, 0.29) is 0 Å². The number of hydrogen-bond donors (Lipinski definition) is 1. The van der Waals surface area contributed by atoms with Crippen LogP contribution in [0.15, 0.2) is 28.4 Å². The Hall–Kier alpha value is -2.02. The van der Waals surface area contributed by atoms with E-state index >= 15 is 0 Å². The number of rotatable bonds is 4. The predicted octanol–water partition coefficient (Wildman–Crippen LogP) is 2.80.